The summed E-state index contributed by atoms with van der Waals surface area (Å²) in [4.78, 5) is 14.0. The standard InChI is InChI=1S/C15H21FN2O3/c1-11-3-2-4-13(14(11)16)15(20)17-9-12(19)10-18-5-7-21-8-6-18/h2-4,12,19H,5-10H2,1H3,(H,17,20). The number of aliphatic hydroxyl groups excluding tert-OH is 1. The van der Waals surface area contributed by atoms with E-state index in [4.69, 9.17) is 4.74 Å². The molecule has 0 aliphatic carbocycles. The number of hydrogen-bond donors (Lipinski definition) is 2. The normalized spacial score (nSPS) is 17.5. The summed E-state index contributed by atoms with van der Waals surface area (Å²) < 4.78 is 19.0. The number of amides is 1. The van der Waals surface area contributed by atoms with Crippen molar-refractivity contribution >= 4 is 5.91 Å². The summed E-state index contributed by atoms with van der Waals surface area (Å²) in [5, 5.41) is 12.5. The third-order valence-corrected chi connectivity index (χ3v) is 3.51. The summed E-state index contributed by atoms with van der Waals surface area (Å²) in [7, 11) is 0. The molecular weight excluding hydrogens is 275 g/mol. The van der Waals surface area contributed by atoms with Crippen molar-refractivity contribution in [3.8, 4) is 0 Å². The van der Waals surface area contributed by atoms with Crippen molar-refractivity contribution in [2.75, 3.05) is 39.4 Å². The van der Waals surface area contributed by atoms with E-state index in [0.29, 0.717) is 25.3 Å². The van der Waals surface area contributed by atoms with Crippen molar-refractivity contribution in [3.05, 3.63) is 35.1 Å². The van der Waals surface area contributed by atoms with Crippen LogP contribution in [-0.4, -0.2) is 61.4 Å². The van der Waals surface area contributed by atoms with Crippen LogP contribution in [0.1, 0.15) is 15.9 Å². The number of nitrogens with zero attached hydrogens (tertiary/aromatic N) is 1. The van der Waals surface area contributed by atoms with Crippen LogP contribution < -0.4 is 5.32 Å². The number of β-amino-alcohol motifs (C(OH)–C–C–N with tert-alkyl or cyclic N) is 1. The second-order valence-corrected chi connectivity index (χ2v) is 5.21. The van der Waals surface area contributed by atoms with Gasteiger partial charge < -0.3 is 15.2 Å². The predicted molar refractivity (Wildman–Crippen MR) is 76.7 cm³/mol. The molecule has 5 nitrogen and oxygen atoms in total. The topological polar surface area (TPSA) is 61.8 Å². The van der Waals surface area contributed by atoms with Crippen LogP contribution in [0.5, 0.6) is 0 Å². The van der Waals surface area contributed by atoms with Gasteiger partial charge in [0.05, 0.1) is 24.9 Å². The Bertz CT molecular complexity index is 490. The van der Waals surface area contributed by atoms with Crippen molar-refractivity contribution in [1.29, 1.82) is 0 Å². The second-order valence-electron chi connectivity index (χ2n) is 5.21. The van der Waals surface area contributed by atoms with E-state index in [1.54, 1.807) is 19.1 Å². The van der Waals surface area contributed by atoms with Crippen molar-refractivity contribution < 1.29 is 19.0 Å². The number of benzene rings is 1. The highest BCUT2D eigenvalue weighted by atomic mass is 19.1. The number of aliphatic hydroxyl groups is 1. The minimum atomic E-state index is -0.681. The van der Waals surface area contributed by atoms with Crippen LogP contribution in [-0.2, 0) is 4.74 Å². The van der Waals surface area contributed by atoms with Crippen LogP contribution in [0.3, 0.4) is 0 Å². The monoisotopic (exact) mass is 296 g/mol. The summed E-state index contributed by atoms with van der Waals surface area (Å²) >= 11 is 0. The Labute approximate surface area is 123 Å². The lowest BCUT2D eigenvalue weighted by Gasteiger charge is -2.28. The zero-order chi connectivity index (χ0) is 15.2. The smallest absolute Gasteiger partial charge is 0.254 e. The van der Waals surface area contributed by atoms with Gasteiger partial charge in [-0.3, -0.25) is 9.69 Å². The fraction of sp³-hybridized carbons (Fsp3) is 0.533. The highest BCUT2D eigenvalue weighted by Crippen LogP contribution is 2.11. The maximum absolute atomic E-state index is 13.8. The van der Waals surface area contributed by atoms with Crippen LogP contribution in [0.15, 0.2) is 18.2 Å². The van der Waals surface area contributed by atoms with Crippen LogP contribution in [0.4, 0.5) is 4.39 Å². The molecule has 1 unspecified atom stereocenters. The molecule has 6 heteroatoms. The molecule has 1 aromatic rings. The highest BCUT2D eigenvalue weighted by molar-refractivity contribution is 5.94. The highest BCUT2D eigenvalue weighted by Gasteiger charge is 2.17. The Balaban J connectivity index is 1.81. The lowest BCUT2D eigenvalue weighted by molar-refractivity contribution is 0.0149. The zero-order valence-electron chi connectivity index (χ0n) is 12.1. The predicted octanol–water partition coefficient (Wildman–Crippen LogP) is 0.557. The first-order valence-corrected chi connectivity index (χ1v) is 7.09. The lowest BCUT2D eigenvalue weighted by Crippen LogP contribution is -2.44. The third kappa shape index (κ3) is 4.49. The van der Waals surface area contributed by atoms with Crippen molar-refractivity contribution in [2.24, 2.45) is 0 Å². The number of aryl methyl sites for hydroxylation is 1. The van der Waals surface area contributed by atoms with Gasteiger partial charge in [-0.1, -0.05) is 12.1 Å². The molecule has 2 rings (SSSR count). The summed E-state index contributed by atoms with van der Waals surface area (Å²) in [6.07, 6.45) is -0.681. The number of morpholine rings is 1. The summed E-state index contributed by atoms with van der Waals surface area (Å²) in [5.41, 5.74) is 0.435. The molecule has 1 atom stereocenters. The minimum Gasteiger partial charge on any atom is -0.390 e. The van der Waals surface area contributed by atoms with Crippen LogP contribution in [0, 0.1) is 12.7 Å². The Morgan fingerprint density at radius 3 is 2.90 bits per heavy atom. The van der Waals surface area contributed by atoms with Gasteiger partial charge in [-0.05, 0) is 18.6 Å². The van der Waals surface area contributed by atoms with Crippen molar-refractivity contribution in [2.45, 2.75) is 13.0 Å². The molecule has 1 heterocycles. The lowest BCUT2D eigenvalue weighted by atomic mass is 10.1. The number of carbonyl (C=O) groups is 1. The number of hydrogen-bond acceptors (Lipinski definition) is 4. The van der Waals surface area contributed by atoms with E-state index >= 15 is 0 Å². The molecule has 21 heavy (non-hydrogen) atoms. The Kier molecular flexibility index (Phi) is 5.67. The first kappa shape index (κ1) is 15.9. The van der Waals surface area contributed by atoms with E-state index in [-0.39, 0.29) is 12.1 Å². The molecule has 1 aliphatic heterocycles. The van der Waals surface area contributed by atoms with E-state index in [1.165, 1.54) is 6.07 Å². The van der Waals surface area contributed by atoms with Crippen molar-refractivity contribution in [1.82, 2.24) is 10.2 Å². The summed E-state index contributed by atoms with van der Waals surface area (Å²) in [6, 6.07) is 4.68. The van der Waals surface area contributed by atoms with Gasteiger partial charge in [-0.15, -0.1) is 0 Å². The summed E-state index contributed by atoms with van der Waals surface area (Å²) in [6.45, 7) is 5.05. The van der Waals surface area contributed by atoms with Gasteiger partial charge >= 0.3 is 0 Å². The average molecular weight is 296 g/mol. The Hall–Kier alpha value is -1.50. The second kappa shape index (κ2) is 7.49. The molecule has 1 aliphatic rings. The number of carbonyl (C=O) groups excluding carboxylic acids is 1. The van der Waals surface area contributed by atoms with Gasteiger partial charge in [0, 0.05) is 26.2 Å². The fourth-order valence-electron chi connectivity index (χ4n) is 2.27. The number of rotatable bonds is 5. The Morgan fingerprint density at radius 2 is 2.19 bits per heavy atom. The van der Waals surface area contributed by atoms with Gasteiger partial charge in [0.2, 0.25) is 0 Å². The van der Waals surface area contributed by atoms with E-state index in [0.717, 1.165) is 13.1 Å². The van der Waals surface area contributed by atoms with Gasteiger partial charge in [0.1, 0.15) is 5.82 Å². The van der Waals surface area contributed by atoms with Crippen LogP contribution in [0.25, 0.3) is 0 Å². The molecule has 0 radical (unpaired) electrons. The minimum absolute atomic E-state index is 0.00794. The number of nitrogens with one attached hydrogen (secondary N) is 1. The quantitative estimate of drug-likeness (QED) is 0.833. The van der Waals surface area contributed by atoms with E-state index in [9.17, 15) is 14.3 Å². The van der Waals surface area contributed by atoms with Gasteiger partial charge in [-0.25, -0.2) is 4.39 Å². The van der Waals surface area contributed by atoms with Crippen LogP contribution >= 0.6 is 0 Å². The molecule has 116 valence electrons. The maximum Gasteiger partial charge on any atom is 0.254 e. The largest absolute Gasteiger partial charge is 0.390 e. The number of ether oxygens (including phenoxy) is 1. The molecular formula is C15H21FN2O3. The molecule has 1 fully saturated rings. The molecule has 0 spiro atoms. The van der Waals surface area contributed by atoms with E-state index in [1.807, 2.05) is 0 Å². The van der Waals surface area contributed by atoms with Gasteiger partial charge in [0.25, 0.3) is 5.91 Å². The maximum atomic E-state index is 13.8. The molecule has 1 aromatic carbocycles. The first-order chi connectivity index (χ1) is 10.1. The molecule has 0 saturated carbocycles. The van der Waals surface area contributed by atoms with E-state index < -0.39 is 17.8 Å². The zero-order valence-corrected chi connectivity index (χ0v) is 12.1. The SMILES string of the molecule is Cc1cccc(C(=O)NCC(O)CN2CCOCC2)c1F. The third-order valence-electron chi connectivity index (χ3n) is 3.51. The molecule has 2 N–H and O–H groups in total. The molecule has 0 bridgehead atoms. The van der Waals surface area contributed by atoms with E-state index in [2.05, 4.69) is 10.2 Å². The molecule has 0 aromatic heterocycles. The molecule has 1 amide bonds. The summed E-state index contributed by atoms with van der Waals surface area (Å²) in [5.74, 6) is -1.02. The molecule has 1 saturated heterocycles. The average Bonchev–Trinajstić information content (AvgIpc) is 2.48. The Morgan fingerprint density at radius 1 is 1.48 bits per heavy atom. The fourth-order valence-corrected chi connectivity index (χ4v) is 2.27. The number of halogens is 1. The van der Waals surface area contributed by atoms with Gasteiger partial charge in [0.15, 0.2) is 0 Å². The van der Waals surface area contributed by atoms with Gasteiger partial charge in [-0.2, -0.15) is 0 Å². The van der Waals surface area contributed by atoms with Crippen LogP contribution in [0.2, 0.25) is 0 Å². The first-order valence-electron chi connectivity index (χ1n) is 7.09. The van der Waals surface area contributed by atoms with Crippen molar-refractivity contribution in [3.63, 3.8) is 0 Å².